The summed E-state index contributed by atoms with van der Waals surface area (Å²) in [6.45, 7) is 11.1. The number of nitrogens with zero attached hydrogens (tertiary/aromatic N) is 1. The molecule has 0 aliphatic carbocycles. The Hall–Kier alpha value is -4.90. The zero-order valence-corrected chi connectivity index (χ0v) is 48.6. The minimum atomic E-state index is -1.69. The summed E-state index contributed by atoms with van der Waals surface area (Å²) in [6.07, 6.45) is -4.85. The molecule has 0 spiro atoms. The normalized spacial score (nSPS) is 18.1. The van der Waals surface area contributed by atoms with Crippen molar-refractivity contribution < 1.29 is 116 Å². The predicted octanol–water partition coefficient (Wildman–Crippen LogP) is -2.08. The smallest absolute Gasteiger partial charge is 0.253 e. The van der Waals surface area contributed by atoms with E-state index >= 15 is 0 Å². The number of anilines is 1. The number of hydrogen-bond donors (Lipinski definition) is 8. The second-order valence-corrected chi connectivity index (χ2v) is 18.8. The van der Waals surface area contributed by atoms with E-state index in [0.29, 0.717) is 152 Å². The quantitative estimate of drug-likeness (QED) is 0.0256. The summed E-state index contributed by atoms with van der Waals surface area (Å²) in [4.78, 5) is 76.7. The van der Waals surface area contributed by atoms with Gasteiger partial charge in [-0.1, -0.05) is 6.07 Å². The van der Waals surface area contributed by atoms with Crippen LogP contribution in [0, 0.1) is 6.92 Å². The lowest BCUT2D eigenvalue weighted by Gasteiger charge is -2.39. The molecule has 29 nitrogen and oxygen atoms in total. The third-order valence-electron chi connectivity index (χ3n) is 12.1. The minimum Gasteiger partial charge on any atom is -0.460 e. The first-order chi connectivity index (χ1) is 40.8. The Balaban J connectivity index is 1.16. The molecule has 1 fully saturated rings. The van der Waals surface area contributed by atoms with Gasteiger partial charge in [0.15, 0.2) is 0 Å². The Morgan fingerprint density at radius 3 is 1.51 bits per heavy atom. The highest BCUT2D eigenvalue weighted by molar-refractivity contribution is 6.13. The van der Waals surface area contributed by atoms with Crippen LogP contribution in [-0.2, 0) is 90.3 Å². The van der Waals surface area contributed by atoms with Crippen molar-refractivity contribution in [3.05, 3.63) is 35.9 Å². The molecule has 2 heterocycles. The van der Waals surface area contributed by atoms with Gasteiger partial charge in [0.2, 0.25) is 29.9 Å². The third kappa shape index (κ3) is 33.7. The van der Waals surface area contributed by atoms with E-state index < -0.39 is 72.9 Å². The summed E-state index contributed by atoms with van der Waals surface area (Å²) in [6, 6.07) is 3.67. The van der Waals surface area contributed by atoms with Crippen LogP contribution < -0.4 is 26.0 Å². The van der Waals surface area contributed by atoms with Crippen molar-refractivity contribution in [2.75, 3.05) is 191 Å². The van der Waals surface area contributed by atoms with E-state index in [1.165, 1.54) is 6.07 Å². The molecular formula is C55H91N5O24. The number of ether oxygens (including phenoxy) is 14. The van der Waals surface area contributed by atoms with Gasteiger partial charge in [-0.2, -0.15) is 0 Å². The predicted molar refractivity (Wildman–Crippen MR) is 297 cm³/mol. The van der Waals surface area contributed by atoms with Crippen LogP contribution >= 0.6 is 0 Å². The van der Waals surface area contributed by atoms with E-state index in [1.54, 1.807) is 26.2 Å². The monoisotopic (exact) mass is 1210 g/mol. The van der Waals surface area contributed by atoms with Crippen LogP contribution in [0.4, 0.5) is 5.69 Å². The number of nitrogens with one attached hydrogen (secondary N) is 4. The molecule has 0 radical (unpaired) electrons. The first kappa shape index (κ1) is 73.4. The maximum Gasteiger partial charge on any atom is 0.253 e. The number of amides is 6. The lowest BCUT2D eigenvalue weighted by molar-refractivity contribution is -0.277. The first-order valence-corrected chi connectivity index (χ1v) is 28.4. The number of imide groups is 1. The van der Waals surface area contributed by atoms with Crippen LogP contribution in [0.2, 0.25) is 0 Å². The summed E-state index contributed by atoms with van der Waals surface area (Å²) in [5.41, 5.74) is 0.897. The molecule has 3 rings (SSSR count). The Morgan fingerprint density at radius 1 is 0.560 bits per heavy atom. The van der Waals surface area contributed by atoms with Gasteiger partial charge in [-0.05, 0) is 43.9 Å². The van der Waals surface area contributed by atoms with Crippen LogP contribution in [0.3, 0.4) is 0 Å². The fraction of sp³-hybridized carbons (Fsp3) is 0.745. The number of hydrogen-bond acceptors (Lipinski definition) is 24. The van der Waals surface area contributed by atoms with Crippen LogP contribution in [0.15, 0.2) is 30.4 Å². The number of benzene rings is 1. The average molecular weight is 1210 g/mol. The number of carbonyl (C=O) groups is 6. The largest absolute Gasteiger partial charge is 0.460 e. The Labute approximate surface area is 490 Å². The second kappa shape index (κ2) is 47.3. The topological polar surface area (TPSA) is 364 Å². The average Bonchev–Trinajstić information content (AvgIpc) is 3.30. The number of aryl methyl sites for hydroxylation is 1. The highest BCUT2D eigenvalue weighted by Gasteiger charge is 2.45. The molecule has 0 bridgehead atoms. The molecular weight excluding hydrogens is 1110 g/mol. The van der Waals surface area contributed by atoms with Gasteiger partial charge in [0.25, 0.3) is 11.8 Å². The molecule has 0 saturated carbocycles. The molecule has 480 valence electrons. The van der Waals surface area contributed by atoms with Crippen molar-refractivity contribution in [2.24, 2.45) is 0 Å². The van der Waals surface area contributed by atoms with Crippen molar-refractivity contribution in [3.8, 4) is 5.75 Å². The molecule has 0 unspecified atom stereocenters. The molecule has 6 atom stereocenters. The fourth-order valence-electron chi connectivity index (χ4n) is 7.57. The number of carbonyl (C=O) groups excluding carboxylic acids is 6. The van der Waals surface area contributed by atoms with Gasteiger partial charge in [-0.25, -0.2) is 0 Å². The number of unbranched alkanes of at least 4 members (excludes halogenated alkanes) is 1. The van der Waals surface area contributed by atoms with Crippen molar-refractivity contribution >= 4 is 41.1 Å². The summed E-state index contributed by atoms with van der Waals surface area (Å²) >= 11 is 0. The Kier molecular flexibility index (Phi) is 41.3. The van der Waals surface area contributed by atoms with E-state index in [0.717, 1.165) is 22.6 Å². The van der Waals surface area contributed by atoms with E-state index in [-0.39, 0.29) is 75.9 Å². The van der Waals surface area contributed by atoms with E-state index in [4.69, 9.17) is 66.3 Å². The zero-order chi connectivity index (χ0) is 60.8. The lowest BCUT2D eigenvalue weighted by atomic mass is 9.99. The number of rotatable bonds is 53. The number of aliphatic hydroxyl groups is 4. The first-order valence-electron chi connectivity index (χ1n) is 28.4. The summed E-state index contributed by atoms with van der Waals surface area (Å²) < 4.78 is 76.3. The van der Waals surface area contributed by atoms with Gasteiger partial charge in [0, 0.05) is 58.2 Å². The standard InChI is InChI=1S/C55H91N5O24/c1-41-6-7-44(83-55-53(69)52(68)51(67)45(40-61)84-55)43(39-41)59-47(63)10-14-57-54(70)42(58-48(64)11-15-60-49(65)8-9-50(60)66)5-3-4-13-56-46(62)12-16-72-19-20-74-23-24-76-27-28-78-31-32-80-35-36-82-38-37-81-34-33-79-30-29-77-26-25-75-22-21-73-18-17-71-2/h6-9,39,42,45,51-53,55,61,67-69H,3-5,10-38,40H2,1-2H3,(H,56,62)(H,57,70)(H,58,64)(H,59,63)/t42-,45+,51+,52-,53-,55-/m0/s1. The van der Waals surface area contributed by atoms with Gasteiger partial charge in [-0.15, -0.1) is 0 Å². The number of methoxy groups -OCH3 is 1. The van der Waals surface area contributed by atoms with Crippen molar-refractivity contribution in [1.82, 2.24) is 20.9 Å². The molecule has 29 heteroatoms. The van der Waals surface area contributed by atoms with E-state index in [9.17, 15) is 49.2 Å². The third-order valence-corrected chi connectivity index (χ3v) is 12.1. The van der Waals surface area contributed by atoms with Gasteiger partial charge >= 0.3 is 0 Å². The van der Waals surface area contributed by atoms with Gasteiger partial charge < -0.3 is 108 Å². The molecule has 1 aromatic rings. The second-order valence-electron chi connectivity index (χ2n) is 18.8. The molecule has 84 heavy (non-hydrogen) atoms. The van der Waals surface area contributed by atoms with Crippen LogP contribution in [0.1, 0.15) is 44.1 Å². The summed E-state index contributed by atoms with van der Waals surface area (Å²) in [5.74, 6) is -3.04. The van der Waals surface area contributed by atoms with Crippen molar-refractivity contribution in [2.45, 2.75) is 82.2 Å². The maximum atomic E-state index is 13.4. The maximum absolute atomic E-state index is 13.4. The summed E-state index contributed by atoms with van der Waals surface area (Å²) in [5, 5.41) is 51.1. The molecule has 1 saturated heterocycles. The molecule has 1 aromatic carbocycles. The van der Waals surface area contributed by atoms with Crippen molar-refractivity contribution in [1.29, 1.82) is 0 Å². The lowest BCUT2D eigenvalue weighted by Crippen LogP contribution is -2.60. The SMILES string of the molecule is COCCOCCOCCOCCOCCOCCOCCOCCOCCOCCOCCOCCC(=O)NCCCC[C@H](NC(=O)CCN1C(=O)C=CC1=O)C(=O)NCCC(=O)Nc1cc(C)ccc1O[C@H]1O[C@H](CO)[C@@H](O)[C@H](O)[C@@H]1O. The Bertz CT molecular complexity index is 1990. The Morgan fingerprint density at radius 2 is 1.04 bits per heavy atom. The minimum absolute atomic E-state index is 0.0482. The zero-order valence-electron chi connectivity index (χ0n) is 48.6. The number of aliphatic hydroxyl groups excluding tert-OH is 4. The summed E-state index contributed by atoms with van der Waals surface area (Å²) in [7, 11) is 1.63. The highest BCUT2D eigenvalue weighted by atomic mass is 16.7. The van der Waals surface area contributed by atoms with Gasteiger partial charge in [0.05, 0.1) is 164 Å². The van der Waals surface area contributed by atoms with E-state index in [2.05, 4.69) is 21.3 Å². The van der Waals surface area contributed by atoms with Crippen LogP contribution in [0.5, 0.6) is 5.75 Å². The van der Waals surface area contributed by atoms with E-state index in [1.807, 2.05) is 0 Å². The van der Waals surface area contributed by atoms with Crippen LogP contribution in [0.25, 0.3) is 0 Å². The van der Waals surface area contributed by atoms with Crippen molar-refractivity contribution in [3.63, 3.8) is 0 Å². The fourth-order valence-corrected chi connectivity index (χ4v) is 7.57. The molecule has 6 amide bonds. The molecule has 0 aromatic heterocycles. The van der Waals surface area contributed by atoms with Gasteiger partial charge in [0.1, 0.15) is 36.2 Å². The molecule has 8 N–H and O–H groups in total. The molecule has 2 aliphatic rings. The van der Waals surface area contributed by atoms with Gasteiger partial charge in [-0.3, -0.25) is 33.7 Å². The molecule has 2 aliphatic heterocycles. The highest BCUT2D eigenvalue weighted by Crippen LogP contribution is 2.30. The van der Waals surface area contributed by atoms with Crippen LogP contribution in [-0.4, -0.2) is 283 Å².